The third kappa shape index (κ3) is 3.04. The molecule has 136 valence electrons. The summed E-state index contributed by atoms with van der Waals surface area (Å²) in [5.74, 6) is 1.23. The van der Waals surface area contributed by atoms with E-state index in [9.17, 15) is 4.79 Å². The Labute approximate surface area is 144 Å². The summed E-state index contributed by atoms with van der Waals surface area (Å²) in [6, 6.07) is 0. The first-order valence-electron chi connectivity index (χ1n) is 9.29. The zero-order chi connectivity index (χ0) is 16.9. The molecule has 1 amide bonds. The zero-order valence-corrected chi connectivity index (χ0v) is 15.0. The summed E-state index contributed by atoms with van der Waals surface area (Å²) in [4.78, 5) is 14.5. The molecular formula is C18H30N2O4. The van der Waals surface area contributed by atoms with Crippen molar-refractivity contribution >= 4 is 6.09 Å². The van der Waals surface area contributed by atoms with Gasteiger partial charge in [0.2, 0.25) is 0 Å². The molecule has 2 bridgehead atoms. The SMILES string of the molecule is CC(C)(C)OC(=O)N1CC2CC1(CNCC1C[C@@H]3COC[C@@H]3O1)C2. The van der Waals surface area contributed by atoms with Gasteiger partial charge < -0.3 is 24.4 Å². The molecule has 6 heteroatoms. The number of nitrogens with one attached hydrogen (secondary N) is 1. The van der Waals surface area contributed by atoms with Gasteiger partial charge in [0.25, 0.3) is 0 Å². The van der Waals surface area contributed by atoms with Crippen LogP contribution in [-0.4, -0.2) is 67.2 Å². The van der Waals surface area contributed by atoms with Gasteiger partial charge in [0.05, 0.1) is 31.0 Å². The average Bonchev–Trinajstić information content (AvgIpc) is 3.12. The molecule has 3 atom stereocenters. The molecule has 4 heterocycles. The van der Waals surface area contributed by atoms with Crippen LogP contribution in [0.25, 0.3) is 0 Å². The van der Waals surface area contributed by atoms with Gasteiger partial charge in [-0.15, -0.1) is 0 Å². The number of hydrogen-bond donors (Lipinski definition) is 1. The summed E-state index contributed by atoms with van der Waals surface area (Å²) in [7, 11) is 0. The molecule has 0 aromatic carbocycles. The van der Waals surface area contributed by atoms with Gasteiger partial charge in [0.15, 0.2) is 0 Å². The quantitative estimate of drug-likeness (QED) is 0.847. The molecule has 1 N–H and O–H groups in total. The molecule has 1 unspecified atom stereocenters. The van der Waals surface area contributed by atoms with Crippen molar-refractivity contribution in [2.45, 2.75) is 63.4 Å². The van der Waals surface area contributed by atoms with Gasteiger partial charge in [-0.3, -0.25) is 0 Å². The Hall–Kier alpha value is -0.850. The van der Waals surface area contributed by atoms with Gasteiger partial charge in [-0.1, -0.05) is 0 Å². The number of carbonyl (C=O) groups excluding carboxylic acids is 1. The maximum atomic E-state index is 12.5. The zero-order valence-electron chi connectivity index (χ0n) is 15.0. The van der Waals surface area contributed by atoms with Crippen molar-refractivity contribution in [3.05, 3.63) is 0 Å². The molecule has 0 aromatic heterocycles. The second-order valence-electron chi connectivity index (χ2n) is 9.05. The Bertz CT molecular complexity index is 486. The predicted molar refractivity (Wildman–Crippen MR) is 88.9 cm³/mol. The lowest BCUT2D eigenvalue weighted by molar-refractivity contribution is 0.00323. The van der Waals surface area contributed by atoms with Gasteiger partial charge >= 0.3 is 6.09 Å². The molecule has 5 rings (SSSR count). The number of ether oxygens (including phenoxy) is 3. The van der Waals surface area contributed by atoms with Crippen LogP contribution in [0.2, 0.25) is 0 Å². The molecule has 4 saturated heterocycles. The molecular weight excluding hydrogens is 308 g/mol. The monoisotopic (exact) mass is 338 g/mol. The minimum atomic E-state index is -0.434. The summed E-state index contributed by atoms with van der Waals surface area (Å²) in [6.45, 7) is 9.92. The molecule has 0 spiro atoms. The number of fused-ring (bicyclic) bond motifs is 2. The fourth-order valence-electron chi connectivity index (χ4n) is 4.83. The highest BCUT2D eigenvalue weighted by Crippen LogP contribution is 2.50. The number of nitrogens with zero attached hydrogens (tertiary/aromatic N) is 1. The third-order valence-electron chi connectivity index (χ3n) is 5.86. The molecule has 5 aliphatic rings. The van der Waals surface area contributed by atoms with Crippen LogP contribution in [0.3, 0.4) is 0 Å². The minimum Gasteiger partial charge on any atom is -0.444 e. The highest BCUT2D eigenvalue weighted by atomic mass is 16.6. The first-order valence-corrected chi connectivity index (χ1v) is 9.29. The van der Waals surface area contributed by atoms with E-state index in [1.807, 2.05) is 25.7 Å². The number of hydrogen-bond acceptors (Lipinski definition) is 5. The van der Waals surface area contributed by atoms with Gasteiger partial charge in [0, 0.05) is 25.6 Å². The van der Waals surface area contributed by atoms with Crippen LogP contribution in [0.5, 0.6) is 0 Å². The largest absolute Gasteiger partial charge is 0.444 e. The Morgan fingerprint density at radius 3 is 2.83 bits per heavy atom. The average molecular weight is 338 g/mol. The second-order valence-corrected chi connectivity index (χ2v) is 9.05. The van der Waals surface area contributed by atoms with E-state index in [0.29, 0.717) is 17.9 Å². The van der Waals surface area contributed by atoms with Crippen molar-refractivity contribution in [3.8, 4) is 0 Å². The van der Waals surface area contributed by atoms with Crippen molar-refractivity contribution in [1.29, 1.82) is 0 Å². The van der Waals surface area contributed by atoms with E-state index in [4.69, 9.17) is 14.2 Å². The lowest BCUT2D eigenvalue weighted by Gasteiger charge is -2.42. The lowest BCUT2D eigenvalue weighted by Crippen LogP contribution is -2.56. The fourth-order valence-corrected chi connectivity index (χ4v) is 4.83. The van der Waals surface area contributed by atoms with Crippen molar-refractivity contribution in [1.82, 2.24) is 10.2 Å². The Morgan fingerprint density at radius 2 is 2.12 bits per heavy atom. The van der Waals surface area contributed by atoms with Crippen molar-refractivity contribution in [3.63, 3.8) is 0 Å². The smallest absolute Gasteiger partial charge is 0.410 e. The third-order valence-corrected chi connectivity index (χ3v) is 5.86. The van der Waals surface area contributed by atoms with E-state index in [-0.39, 0.29) is 17.7 Å². The standard InChI is InChI=1S/C18H30N2O4/c1-17(2,3)24-16(21)20-8-12-5-18(20,6-12)11-19-7-14-4-13-9-22-10-15(13)23-14/h12-15,19H,4-11H2,1-3H3/t12?,13-,14?,15+,18?/m1/s1. The van der Waals surface area contributed by atoms with Crippen LogP contribution >= 0.6 is 0 Å². The van der Waals surface area contributed by atoms with E-state index in [1.165, 1.54) is 0 Å². The van der Waals surface area contributed by atoms with Crippen LogP contribution in [0.4, 0.5) is 4.79 Å². The Balaban J connectivity index is 1.27. The van der Waals surface area contributed by atoms with Crippen molar-refractivity contribution in [2.75, 3.05) is 32.8 Å². The minimum absolute atomic E-state index is 0.0371. The van der Waals surface area contributed by atoms with Crippen LogP contribution in [0, 0.1) is 11.8 Å². The van der Waals surface area contributed by atoms with Crippen LogP contribution < -0.4 is 5.32 Å². The first kappa shape index (κ1) is 16.6. The topological polar surface area (TPSA) is 60.0 Å². The van der Waals surface area contributed by atoms with E-state index in [1.54, 1.807) is 0 Å². The van der Waals surface area contributed by atoms with Crippen molar-refractivity contribution in [2.24, 2.45) is 11.8 Å². The number of carbonyl (C=O) groups is 1. The molecule has 24 heavy (non-hydrogen) atoms. The maximum absolute atomic E-state index is 12.5. The van der Waals surface area contributed by atoms with Gasteiger partial charge in [-0.05, 0) is 46.0 Å². The van der Waals surface area contributed by atoms with Gasteiger partial charge in [-0.25, -0.2) is 4.79 Å². The van der Waals surface area contributed by atoms with E-state index in [0.717, 1.165) is 52.1 Å². The molecule has 5 fully saturated rings. The summed E-state index contributed by atoms with van der Waals surface area (Å²) in [6.07, 6.45) is 3.71. The highest BCUT2D eigenvalue weighted by molar-refractivity contribution is 5.70. The fraction of sp³-hybridized carbons (Fsp3) is 0.944. The molecule has 1 saturated carbocycles. The van der Waals surface area contributed by atoms with E-state index in [2.05, 4.69) is 5.32 Å². The van der Waals surface area contributed by atoms with Gasteiger partial charge in [-0.2, -0.15) is 0 Å². The highest BCUT2D eigenvalue weighted by Gasteiger charge is 2.58. The van der Waals surface area contributed by atoms with E-state index < -0.39 is 5.60 Å². The maximum Gasteiger partial charge on any atom is 0.410 e. The lowest BCUT2D eigenvalue weighted by atomic mass is 9.73. The number of rotatable bonds is 4. The molecule has 4 aliphatic heterocycles. The summed E-state index contributed by atoms with van der Waals surface area (Å²) >= 11 is 0. The Morgan fingerprint density at radius 1 is 1.33 bits per heavy atom. The molecule has 1 aliphatic carbocycles. The van der Waals surface area contributed by atoms with Gasteiger partial charge in [0.1, 0.15) is 5.60 Å². The normalized spacial score (nSPS) is 40.5. The summed E-state index contributed by atoms with van der Waals surface area (Å²) < 4.78 is 17.1. The molecule has 0 radical (unpaired) electrons. The molecule has 0 aromatic rings. The summed E-state index contributed by atoms with van der Waals surface area (Å²) in [5, 5.41) is 3.57. The number of amides is 1. The van der Waals surface area contributed by atoms with Crippen LogP contribution in [-0.2, 0) is 14.2 Å². The van der Waals surface area contributed by atoms with Crippen LogP contribution in [0.1, 0.15) is 40.0 Å². The van der Waals surface area contributed by atoms with E-state index >= 15 is 0 Å². The predicted octanol–water partition coefficient (Wildman–Crippen LogP) is 1.78. The first-order chi connectivity index (χ1) is 11.3. The van der Waals surface area contributed by atoms with Crippen molar-refractivity contribution < 1.29 is 19.0 Å². The summed E-state index contributed by atoms with van der Waals surface area (Å²) in [5.41, 5.74) is -0.471. The molecule has 6 nitrogen and oxygen atoms in total. The second kappa shape index (κ2) is 5.85. The Kier molecular flexibility index (Phi) is 4.05. The van der Waals surface area contributed by atoms with Crippen LogP contribution in [0.15, 0.2) is 0 Å².